The van der Waals surface area contributed by atoms with Crippen molar-refractivity contribution in [1.82, 2.24) is 14.9 Å². The van der Waals surface area contributed by atoms with Crippen LogP contribution in [-0.4, -0.2) is 60.2 Å². The monoisotopic (exact) mass is 418 g/mol. The fourth-order valence-corrected chi connectivity index (χ4v) is 3.25. The summed E-state index contributed by atoms with van der Waals surface area (Å²) in [5, 5.41) is 3.16. The Bertz CT molecular complexity index is 1060. The first-order chi connectivity index (χ1) is 15.1. The van der Waals surface area contributed by atoms with E-state index in [0.717, 1.165) is 11.3 Å². The highest BCUT2D eigenvalue weighted by molar-refractivity contribution is 5.94. The average Bonchev–Trinajstić information content (AvgIpc) is 2.84. The Morgan fingerprint density at radius 3 is 2.32 bits per heavy atom. The molecule has 1 fully saturated rings. The summed E-state index contributed by atoms with van der Waals surface area (Å²) in [7, 11) is 1.35. The zero-order chi connectivity index (χ0) is 21.6. The first-order valence-electron chi connectivity index (χ1n) is 9.90. The van der Waals surface area contributed by atoms with Gasteiger partial charge in [0.25, 0.3) is 5.91 Å². The van der Waals surface area contributed by atoms with E-state index in [-0.39, 0.29) is 11.9 Å². The molecule has 1 aliphatic heterocycles. The number of amides is 1. The van der Waals surface area contributed by atoms with E-state index in [1.807, 2.05) is 24.3 Å². The van der Waals surface area contributed by atoms with E-state index in [0.29, 0.717) is 49.1 Å². The quantitative estimate of drug-likeness (QED) is 0.636. The smallest absolute Gasteiger partial charge is 0.337 e. The zero-order valence-electron chi connectivity index (χ0n) is 17.1. The molecule has 0 saturated carbocycles. The molecule has 2 aromatic carbocycles. The minimum absolute atomic E-state index is 0.00324. The predicted octanol–water partition coefficient (Wildman–Crippen LogP) is 3.15. The molecule has 8 nitrogen and oxygen atoms in total. The van der Waals surface area contributed by atoms with Crippen LogP contribution in [0.5, 0.6) is 0 Å². The van der Waals surface area contributed by atoms with Crippen molar-refractivity contribution in [2.45, 2.75) is 0 Å². The van der Waals surface area contributed by atoms with Crippen molar-refractivity contribution >= 4 is 23.5 Å². The van der Waals surface area contributed by atoms with Crippen molar-refractivity contribution in [3.8, 4) is 11.3 Å². The fourth-order valence-electron chi connectivity index (χ4n) is 3.25. The lowest BCUT2D eigenvalue weighted by Crippen LogP contribution is -2.40. The molecule has 158 valence electrons. The molecule has 1 N–H and O–H groups in total. The van der Waals surface area contributed by atoms with Crippen LogP contribution in [0, 0.1) is 0 Å². The minimum Gasteiger partial charge on any atom is -0.465 e. The lowest BCUT2D eigenvalue weighted by Gasteiger charge is -2.26. The number of rotatable bonds is 5. The van der Waals surface area contributed by atoms with Gasteiger partial charge in [0, 0.05) is 36.1 Å². The van der Waals surface area contributed by atoms with Crippen molar-refractivity contribution in [2.75, 3.05) is 38.7 Å². The number of morpholine rings is 1. The Morgan fingerprint density at radius 2 is 1.65 bits per heavy atom. The van der Waals surface area contributed by atoms with Crippen LogP contribution in [0.15, 0.2) is 60.8 Å². The third kappa shape index (κ3) is 4.87. The number of nitrogens with one attached hydrogen (secondary N) is 1. The zero-order valence-corrected chi connectivity index (χ0v) is 17.1. The highest BCUT2D eigenvalue weighted by Gasteiger charge is 2.18. The van der Waals surface area contributed by atoms with Crippen LogP contribution in [0.4, 0.5) is 11.6 Å². The van der Waals surface area contributed by atoms with Gasteiger partial charge >= 0.3 is 5.97 Å². The summed E-state index contributed by atoms with van der Waals surface area (Å²) in [6.07, 6.45) is 1.66. The van der Waals surface area contributed by atoms with Crippen molar-refractivity contribution in [3.05, 3.63) is 71.9 Å². The third-order valence-electron chi connectivity index (χ3n) is 4.94. The van der Waals surface area contributed by atoms with Crippen molar-refractivity contribution in [1.29, 1.82) is 0 Å². The van der Waals surface area contributed by atoms with Crippen LogP contribution in [0.1, 0.15) is 20.7 Å². The Labute approximate surface area is 179 Å². The molecule has 0 bridgehead atoms. The molecule has 0 unspecified atom stereocenters. The van der Waals surface area contributed by atoms with Gasteiger partial charge in [0.05, 0.1) is 31.6 Å². The van der Waals surface area contributed by atoms with Crippen molar-refractivity contribution in [3.63, 3.8) is 0 Å². The van der Waals surface area contributed by atoms with Crippen molar-refractivity contribution in [2.24, 2.45) is 0 Å². The second-order valence-electron chi connectivity index (χ2n) is 6.94. The standard InChI is InChI=1S/C23H22N4O4/c1-30-22(29)18-4-2-16(3-5-18)20-10-11-24-23(26-20)25-19-8-6-17(7-9-19)21(28)27-12-14-31-15-13-27/h2-11H,12-15H2,1H3,(H,24,25,26). The molecule has 8 heteroatoms. The summed E-state index contributed by atoms with van der Waals surface area (Å²) in [6.45, 7) is 2.37. The van der Waals surface area contributed by atoms with Crippen molar-refractivity contribution < 1.29 is 19.1 Å². The summed E-state index contributed by atoms with van der Waals surface area (Å²) < 4.78 is 10.0. The highest BCUT2D eigenvalue weighted by Crippen LogP contribution is 2.21. The van der Waals surface area contributed by atoms with Crippen LogP contribution in [0.25, 0.3) is 11.3 Å². The molecule has 0 radical (unpaired) electrons. The second-order valence-corrected chi connectivity index (χ2v) is 6.94. The van der Waals surface area contributed by atoms with E-state index < -0.39 is 0 Å². The van der Waals surface area contributed by atoms with Gasteiger partial charge in [-0.25, -0.2) is 14.8 Å². The number of carbonyl (C=O) groups excluding carboxylic acids is 2. The number of anilines is 2. The molecular formula is C23H22N4O4. The molecule has 1 aliphatic rings. The summed E-state index contributed by atoms with van der Waals surface area (Å²) in [6, 6.07) is 16.0. The Kier molecular flexibility index (Phi) is 6.18. The molecule has 4 rings (SSSR count). The van der Waals surface area contributed by atoms with Gasteiger partial charge in [-0.1, -0.05) is 12.1 Å². The van der Waals surface area contributed by atoms with Gasteiger partial charge in [-0.05, 0) is 42.5 Å². The maximum absolute atomic E-state index is 12.6. The van der Waals surface area contributed by atoms with E-state index >= 15 is 0 Å². The van der Waals surface area contributed by atoms with E-state index in [2.05, 4.69) is 15.3 Å². The fraction of sp³-hybridized carbons (Fsp3) is 0.217. The van der Waals surface area contributed by atoms with Gasteiger partial charge in [0.2, 0.25) is 5.95 Å². The van der Waals surface area contributed by atoms with Crippen LogP contribution in [-0.2, 0) is 9.47 Å². The predicted molar refractivity (Wildman–Crippen MR) is 115 cm³/mol. The molecule has 0 aliphatic carbocycles. The molecule has 2 heterocycles. The molecular weight excluding hydrogens is 396 g/mol. The first-order valence-corrected chi connectivity index (χ1v) is 9.90. The number of benzene rings is 2. The molecule has 3 aromatic rings. The number of hydrogen-bond acceptors (Lipinski definition) is 7. The van der Waals surface area contributed by atoms with Gasteiger partial charge in [0.15, 0.2) is 0 Å². The molecule has 31 heavy (non-hydrogen) atoms. The lowest BCUT2D eigenvalue weighted by atomic mass is 10.1. The Morgan fingerprint density at radius 1 is 0.968 bits per heavy atom. The Balaban J connectivity index is 1.45. The number of aromatic nitrogens is 2. The maximum Gasteiger partial charge on any atom is 0.337 e. The van der Waals surface area contributed by atoms with E-state index in [1.165, 1.54) is 7.11 Å². The summed E-state index contributed by atoms with van der Waals surface area (Å²) in [5.74, 6) is 0.0532. The average molecular weight is 418 g/mol. The molecule has 0 atom stereocenters. The number of methoxy groups -OCH3 is 1. The largest absolute Gasteiger partial charge is 0.465 e. The third-order valence-corrected chi connectivity index (χ3v) is 4.94. The molecule has 1 aromatic heterocycles. The number of nitrogens with zero attached hydrogens (tertiary/aromatic N) is 3. The van der Waals surface area contributed by atoms with Gasteiger partial charge in [0.1, 0.15) is 0 Å². The molecule has 1 saturated heterocycles. The normalized spacial score (nSPS) is 13.5. The SMILES string of the molecule is COC(=O)c1ccc(-c2ccnc(Nc3ccc(C(=O)N4CCOCC4)cc3)n2)cc1. The van der Waals surface area contributed by atoms with Crippen LogP contribution in [0.2, 0.25) is 0 Å². The van der Waals surface area contributed by atoms with Gasteiger partial charge in [-0.3, -0.25) is 4.79 Å². The number of esters is 1. The second kappa shape index (κ2) is 9.36. The molecule has 0 spiro atoms. The summed E-state index contributed by atoms with van der Waals surface area (Å²) >= 11 is 0. The lowest BCUT2D eigenvalue weighted by molar-refractivity contribution is 0.0303. The van der Waals surface area contributed by atoms with E-state index in [9.17, 15) is 9.59 Å². The van der Waals surface area contributed by atoms with Gasteiger partial charge in [-0.15, -0.1) is 0 Å². The van der Waals surface area contributed by atoms with E-state index in [4.69, 9.17) is 9.47 Å². The van der Waals surface area contributed by atoms with Crippen LogP contribution in [0.3, 0.4) is 0 Å². The van der Waals surface area contributed by atoms with E-state index in [1.54, 1.807) is 41.4 Å². The number of carbonyl (C=O) groups is 2. The molecule has 1 amide bonds. The van der Waals surface area contributed by atoms with Crippen LogP contribution >= 0.6 is 0 Å². The van der Waals surface area contributed by atoms with Crippen LogP contribution < -0.4 is 5.32 Å². The maximum atomic E-state index is 12.6. The van der Waals surface area contributed by atoms with Gasteiger partial charge in [-0.2, -0.15) is 0 Å². The summed E-state index contributed by atoms with van der Waals surface area (Å²) in [4.78, 5) is 34.7. The summed E-state index contributed by atoms with van der Waals surface area (Å²) in [5.41, 5.74) is 3.45. The number of ether oxygens (including phenoxy) is 2. The Hall–Kier alpha value is -3.78. The highest BCUT2D eigenvalue weighted by atomic mass is 16.5. The number of hydrogen-bond donors (Lipinski definition) is 1. The van der Waals surface area contributed by atoms with Gasteiger partial charge < -0.3 is 19.7 Å². The topological polar surface area (TPSA) is 93.6 Å². The minimum atomic E-state index is -0.382. The first kappa shape index (κ1) is 20.5.